The summed E-state index contributed by atoms with van der Waals surface area (Å²) in [6.07, 6.45) is -0.380. The maximum atomic E-state index is 12.7. The van der Waals surface area contributed by atoms with Crippen LogP contribution in [0.5, 0.6) is 0 Å². The van der Waals surface area contributed by atoms with Crippen LogP contribution in [0.4, 0.5) is 0 Å². The molecule has 1 rings (SSSR count). The second kappa shape index (κ2) is 10.1. The molecule has 1 fully saturated rings. The van der Waals surface area contributed by atoms with Crippen molar-refractivity contribution in [2.75, 3.05) is 0 Å². The zero-order valence-electron chi connectivity index (χ0n) is 16.4. The van der Waals surface area contributed by atoms with Crippen molar-refractivity contribution in [3.05, 3.63) is 0 Å². The van der Waals surface area contributed by atoms with Crippen LogP contribution in [0.15, 0.2) is 0 Å². The van der Waals surface area contributed by atoms with Crippen LogP contribution < -0.4 is 0 Å². The molecule has 6 heteroatoms. The molecule has 1 aliphatic heterocycles. The van der Waals surface area contributed by atoms with Crippen molar-refractivity contribution in [2.24, 2.45) is 17.8 Å². The van der Waals surface area contributed by atoms with Crippen LogP contribution in [0.1, 0.15) is 67.2 Å². The van der Waals surface area contributed by atoms with E-state index in [-0.39, 0.29) is 30.2 Å². The summed E-state index contributed by atoms with van der Waals surface area (Å²) in [6.45, 7) is 11.1. The Labute approximate surface area is 151 Å². The molecule has 0 radical (unpaired) electrons. The molecular formula is C19H34O6. The number of ether oxygens (including phenoxy) is 3. The summed E-state index contributed by atoms with van der Waals surface area (Å²) in [7, 11) is 0. The minimum Gasteiger partial charge on any atom is -0.462 e. The van der Waals surface area contributed by atoms with Gasteiger partial charge in [0.25, 0.3) is 0 Å². The van der Waals surface area contributed by atoms with Crippen molar-refractivity contribution in [1.29, 1.82) is 0 Å². The highest BCUT2D eigenvalue weighted by Crippen LogP contribution is 2.28. The lowest BCUT2D eigenvalue weighted by molar-refractivity contribution is -0.201. The number of aliphatic hydroxyl groups is 1. The molecule has 0 aliphatic carbocycles. The summed E-state index contributed by atoms with van der Waals surface area (Å²) in [5.74, 6) is -1.56. The standard InChI is InChI=1S/C19H34O6/c1-7-8-9-15-17(25-16(20)10-11(2)3)14(6)24-18(21)12(4)13(5)23-19(15)22/h11-15,17-18,21H,7-10H2,1-6H3/t12?,13?,14-,15+,17?,18?/m0/s1. The average Bonchev–Trinajstić information content (AvgIpc) is 2.53. The summed E-state index contributed by atoms with van der Waals surface area (Å²) in [5, 5.41) is 10.2. The van der Waals surface area contributed by atoms with Crippen LogP contribution in [0.3, 0.4) is 0 Å². The highest BCUT2D eigenvalue weighted by Gasteiger charge is 2.41. The lowest BCUT2D eigenvalue weighted by Gasteiger charge is -2.30. The Morgan fingerprint density at radius 2 is 1.88 bits per heavy atom. The number of carbonyl (C=O) groups excluding carboxylic acids is 2. The first kappa shape index (κ1) is 21.9. The van der Waals surface area contributed by atoms with Crippen molar-refractivity contribution < 1.29 is 28.9 Å². The van der Waals surface area contributed by atoms with Gasteiger partial charge in [-0.05, 0) is 26.2 Å². The van der Waals surface area contributed by atoms with Gasteiger partial charge >= 0.3 is 11.9 Å². The number of unbranched alkanes of at least 4 members (excludes halogenated alkanes) is 1. The lowest BCUT2D eigenvalue weighted by Crippen LogP contribution is -2.43. The number of aliphatic hydroxyl groups excluding tert-OH is 1. The van der Waals surface area contributed by atoms with Crippen molar-refractivity contribution in [3.8, 4) is 0 Å². The minimum absolute atomic E-state index is 0.159. The summed E-state index contributed by atoms with van der Waals surface area (Å²) in [6, 6.07) is 0. The van der Waals surface area contributed by atoms with Gasteiger partial charge in [-0.3, -0.25) is 9.59 Å². The topological polar surface area (TPSA) is 82.1 Å². The molecular weight excluding hydrogens is 324 g/mol. The van der Waals surface area contributed by atoms with Gasteiger partial charge in [0.05, 0.1) is 12.0 Å². The van der Waals surface area contributed by atoms with Crippen LogP contribution in [0.25, 0.3) is 0 Å². The van der Waals surface area contributed by atoms with Gasteiger partial charge in [-0.1, -0.05) is 40.5 Å². The highest BCUT2D eigenvalue weighted by molar-refractivity contribution is 5.75. The molecule has 0 aromatic rings. The van der Waals surface area contributed by atoms with Gasteiger partial charge in [0.15, 0.2) is 6.29 Å². The highest BCUT2D eigenvalue weighted by atomic mass is 16.6. The number of carbonyl (C=O) groups is 2. The number of cyclic esters (lactones) is 1. The van der Waals surface area contributed by atoms with Gasteiger partial charge in [0.2, 0.25) is 0 Å². The van der Waals surface area contributed by atoms with Crippen molar-refractivity contribution in [2.45, 2.75) is 91.8 Å². The first-order valence-corrected chi connectivity index (χ1v) is 9.40. The third kappa shape index (κ3) is 6.59. The van der Waals surface area contributed by atoms with Gasteiger partial charge in [0, 0.05) is 12.3 Å². The Morgan fingerprint density at radius 3 is 2.44 bits per heavy atom. The summed E-state index contributed by atoms with van der Waals surface area (Å²) in [5.41, 5.74) is 0. The summed E-state index contributed by atoms with van der Waals surface area (Å²) in [4.78, 5) is 24.9. The Bertz CT molecular complexity index is 436. The molecule has 1 N–H and O–H groups in total. The van der Waals surface area contributed by atoms with Crippen LogP contribution in [-0.2, 0) is 23.8 Å². The maximum Gasteiger partial charge on any atom is 0.313 e. The predicted octanol–water partition coefficient (Wildman–Crippen LogP) is 3.06. The minimum atomic E-state index is -1.09. The molecule has 25 heavy (non-hydrogen) atoms. The first-order chi connectivity index (χ1) is 11.7. The Hall–Kier alpha value is -1.14. The molecule has 0 amide bonds. The second-order valence-electron chi connectivity index (χ2n) is 7.53. The number of rotatable bonds is 6. The van der Waals surface area contributed by atoms with Gasteiger partial charge < -0.3 is 19.3 Å². The number of hydrogen-bond acceptors (Lipinski definition) is 6. The number of hydrogen-bond donors (Lipinski definition) is 1. The molecule has 6 atom stereocenters. The lowest BCUT2D eigenvalue weighted by atomic mass is 9.92. The number of esters is 2. The monoisotopic (exact) mass is 358 g/mol. The summed E-state index contributed by atoms with van der Waals surface area (Å²) < 4.78 is 16.8. The maximum absolute atomic E-state index is 12.7. The van der Waals surface area contributed by atoms with Crippen molar-refractivity contribution >= 4 is 11.9 Å². The molecule has 1 aliphatic rings. The van der Waals surface area contributed by atoms with Crippen LogP contribution in [0.2, 0.25) is 0 Å². The summed E-state index contributed by atoms with van der Waals surface area (Å²) >= 11 is 0. The van der Waals surface area contributed by atoms with Crippen LogP contribution in [-0.4, -0.2) is 41.6 Å². The molecule has 0 aromatic carbocycles. The molecule has 0 aromatic heterocycles. The van der Waals surface area contributed by atoms with E-state index >= 15 is 0 Å². The van der Waals surface area contributed by atoms with E-state index in [4.69, 9.17) is 14.2 Å². The Balaban J connectivity index is 3.07. The fourth-order valence-electron chi connectivity index (χ4n) is 2.91. The average molecular weight is 358 g/mol. The van der Waals surface area contributed by atoms with Crippen LogP contribution >= 0.6 is 0 Å². The molecule has 0 saturated carbocycles. The van der Waals surface area contributed by atoms with E-state index < -0.39 is 30.5 Å². The van der Waals surface area contributed by atoms with E-state index in [0.29, 0.717) is 6.42 Å². The first-order valence-electron chi connectivity index (χ1n) is 9.40. The van der Waals surface area contributed by atoms with Crippen molar-refractivity contribution in [3.63, 3.8) is 0 Å². The second-order valence-corrected chi connectivity index (χ2v) is 7.53. The SMILES string of the molecule is CCCC[C@H]1C(=O)OC(C)C(C)C(O)O[C@@H](C)C1OC(=O)CC(C)C. The third-order valence-corrected chi connectivity index (χ3v) is 4.72. The Morgan fingerprint density at radius 1 is 1.24 bits per heavy atom. The fourth-order valence-corrected chi connectivity index (χ4v) is 2.91. The molecule has 0 spiro atoms. The molecule has 1 saturated heterocycles. The fraction of sp³-hybridized carbons (Fsp3) is 0.895. The molecule has 4 unspecified atom stereocenters. The molecule has 6 nitrogen and oxygen atoms in total. The van der Waals surface area contributed by atoms with Gasteiger partial charge in [-0.25, -0.2) is 0 Å². The molecule has 146 valence electrons. The molecule has 0 bridgehead atoms. The Kier molecular flexibility index (Phi) is 8.86. The smallest absolute Gasteiger partial charge is 0.313 e. The van der Waals surface area contributed by atoms with E-state index in [1.54, 1.807) is 20.8 Å². The molecule has 1 heterocycles. The van der Waals surface area contributed by atoms with E-state index in [2.05, 4.69) is 0 Å². The van der Waals surface area contributed by atoms with Gasteiger partial charge in [-0.2, -0.15) is 0 Å². The normalized spacial score (nSPS) is 34.0. The van der Waals surface area contributed by atoms with Gasteiger partial charge in [-0.15, -0.1) is 0 Å². The van der Waals surface area contributed by atoms with E-state index in [1.165, 1.54) is 0 Å². The quantitative estimate of drug-likeness (QED) is 0.735. The van der Waals surface area contributed by atoms with E-state index in [0.717, 1.165) is 12.8 Å². The predicted molar refractivity (Wildman–Crippen MR) is 93.6 cm³/mol. The van der Waals surface area contributed by atoms with E-state index in [9.17, 15) is 14.7 Å². The zero-order chi connectivity index (χ0) is 19.1. The largest absolute Gasteiger partial charge is 0.462 e. The van der Waals surface area contributed by atoms with Crippen LogP contribution in [0, 0.1) is 17.8 Å². The van der Waals surface area contributed by atoms with E-state index in [1.807, 2.05) is 20.8 Å². The third-order valence-electron chi connectivity index (χ3n) is 4.72. The van der Waals surface area contributed by atoms with Crippen molar-refractivity contribution in [1.82, 2.24) is 0 Å². The zero-order valence-corrected chi connectivity index (χ0v) is 16.4. The van der Waals surface area contributed by atoms with Gasteiger partial charge in [0.1, 0.15) is 12.2 Å².